The van der Waals surface area contributed by atoms with Crippen LogP contribution in [0.25, 0.3) is 0 Å². The van der Waals surface area contributed by atoms with E-state index in [0.29, 0.717) is 31.2 Å². The van der Waals surface area contributed by atoms with E-state index in [0.717, 1.165) is 0 Å². The summed E-state index contributed by atoms with van der Waals surface area (Å²) in [6, 6.07) is 4.33. The van der Waals surface area contributed by atoms with E-state index in [9.17, 15) is 33.6 Å². The molecule has 1 aliphatic heterocycles. The fraction of sp³-hybridized carbons (Fsp3) is 0.639. The zero-order valence-electron chi connectivity index (χ0n) is 30.8. The van der Waals surface area contributed by atoms with Crippen LogP contribution in [-0.4, -0.2) is 102 Å². The van der Waals surface area contributed by atoms with Gasteiger partial charge in [0.05, 0.1) is 12.6 Å². The zero-order chi connectivity index (χ0) is 37.6. The third kappa shape index (κ3) is 10.3. The summed E-state index contributed by atoms with van der Waals surface area (Å²) >= 11 is 0. The van der Waals surface area contributed by atoms with Gasteiger partial charge < -0.3 is 35.8 Å². The van der Waals surface area contributed by atoms with Crippen LogP contribution in [0.5, 0.6) is 0 Å². The Morgan fingerprint density at radius 3 is 2.12 bits per heavy atom. The largest absolute Gasteiger partial charge is 0.444 e. The zero-order valence-corrected chi connectivity index (χ0v) is 30.8. The molecule has 276 valence electrons. The topological polar surface area (TPSA) is 183 Å². The predicted octanol–water partition coefficient (Wildman–Crippen LogP) is 2.22. The van der Waals surface area contributed by atoms with Crippen LogP contribution >= 0.6 is 0 Å². The van der Waals surface area contributed by atoms with E-state index < -0.39 is 77.2 Å². The minimum Gasteiger partial charge on any atom is -0.444 e. The Morgan fingerprint density at radius 2 is 1.56 bits per heavy atom. The molecule has 0 aromatic heterocycles. The van der Waals surface area contributed by atoms with E-state index in [1.807, 2.05) is 20.8 Å². The fourth-order valence-corrected chi connectivity index (χ4v) is 6.49. The highest BCUT2D eigenvalue weighted by Crippen LogP contribution is 2.43. The number of hydrogen-bond acceptors (Lipinski definition) is 8. The molecule has 0 radical (unpaired) electrons. The van der Waals surface area contributed by atoms with Gasteiger partial charge in [0.2, 0.25) is 29.4 Å². The van der Waals surface area contributed by atoms with Crippen molar-refractivity contribution in [1.29, 1.82) is 0 Å². The lowest BCUT2D eigenvalue weighted by molar-refractivity contribution is -0.147. The Morgan fingerprint density at radius 1 is 0.920 bits per heavy atom. The Hall–Kier alpha value is -4.49. The summed E-state index contributed by atoms with van der Waals surface area (Å²) in [7, 11) is 3.12. The molecule has 1 aliphatic carbocycles. The predicted molar refractivity (Wildman–Crippen MR) is 185 cm³/mol. The molecule has 6 amide bonds. The van der Waals surface area contributed by atoms with Gasteiger partial charge >= 0.3 is 6.09 Å². The van der Waals surface area contributed by atoms with Crippen molar-refractivity contribution in [3.63, 3.8) is 0 Å². The minimum absolute atomic E-state index is 0.150. The summed E-state index contributed by atoms with van der Waals surface area (Å²) in [6.07, 6.45) is 1.89. The number of benzene rings is 1. The van der Waals surface area contributed by atoms with Gasteiger partial charge in [0.15, 0.2) is 0 Å². The van der Waals surface area contributed by atoms with Crippen LogP contribution in [-0.2, 0) is 33.5 Å². The van der Waals surface area contributed by atoms with Crippen molar-refractivity contribution in [3.05, 3.63) is 35.9 Å². The smallest absolute Gasteiger partial charge is 0.408 e. The summed E-state index contributed by atoms with van der Waals surface area (Å²) in [5.74, 6) is -4.18. The first-order valence-electron chi connectivity index (χ1n) is 17.2. The first-order chi connectivity index (χ1) is 23.2. The van der Waals surface area contributed by atoms with Crippen LogP contribution in [0.2, 0.25) is 0 Å². The standard InChI is InChI=1S/C36H54N6O8/c1-10-14-24(28(44)31(46)37-20-25(43)39-26(32(47)41(8)9)21-15-12-11-13-16-21)38-30(45)27-22-17-18-23(19-22)42(27)33(48)29(35(2,3)4)40-34(49)50-36(5,6)7/h11-13,15-16,22-24,26-27,29H,10,14,17-20H2,1-9H3,(H,37,46)(H,38,45)(H,39,43)(H,40,49)/t22?,23?,24?,26-,27?,29-/m0/s1. The van der Waals surface area contributed by atoms with Crippen LogP contribution < -0.4 is 21.3 Å². The van der Waals surface area contributed by atoms with Gasteiger partial charge in [-0.3, -0.25) is 28.8 Å². The molecular weight excluding hydrogens is 644 g/mol. The summed E-state index contributed by atoms with van der Waals surface area (Å²) in [5, 5.41) is 10.4. The molecule has 2 bridgehead atoms. The highest BCUT2D eigenvalue weighted by molar-refractivity contribution is 6.38. The lowest BCUT2D eigenvalue weighted by Crippen LogP contribution is -2.62. The summed E-state index contributed by atoms with van der Waals surface area (Å²) in [4.78, 5) is 95.5. The molecule has 3 rings (SSSR count). The van der Waals surface area contributed by atoms with Gasteiger partial charge in [-0.15, -0.1) is 0 Å². The van der Waals surface area contributed by atoms with Crippen LogP contribution in [0.15, 0.2) is 30.3 Å². The number of likely N-dealkylation sites (tertiary alicyclic amines) is 1. The maximum absolute atomic E-state index is 14.1. The normalized spacial score (nSPS) is 20.2. The van der Waals surface area contributed by atoms with Gasteiger partial charge in [-0.25, -0.2) is 4.79 Å². The number of piperidine rings is 1. The lowest BCUT2D eigenvalue weighted by atomic mass is 9.85. The molecule has 4 unspecified atom stereocenters. The molecule has 1 aromatic carbocycles. The number of fused-ring (bicyclic) bond motifs is 2. The van der Waals surface area contributed by atoms with Crippen molar-refractivity contribution in [2.24, 2.45) is 11.3 Å². The van der Waals surface area contributed by atoms with Gasteiger partial charge in [0.25, 0.3) is 5.91 Å². The highest BCUT2D eigenvalue weighted by atomic mass is 16.6. The summed E-state index contributed by atoms with van der Waals surface area (Å²) < 4.78 is 5.42. The molecule has 14 nitrogen and oxygen atoms in total. The average Bonchev–Trinajstić information content (AvgIpc) is 3.65. The highest BCUT2D eigenvalue weighted by Gasteiger charge is 2.54. The van der Waals surface area contributed by atoms with E-state index in [1.54, 1.807) is 72.1 Å². The molecule has 2 aliphatic rings. The molecule has 1 saturated carbocycles. The average molecular weight is 699 g/mol. The SMILES string of the molecule is CCCC(NC(=O)C1C2CCC(C2)N1C(=O)[C@H](NC(=O)OC(C)(C)C)C(C)(C)C)C(=O)C(=O)NCC(=O)N[C@H](C(=O)N(C)C)c1ccccc1. The summed E-state index contributed by atoms with van der Waals surface area (Å²) in [6.45, 7) is 11.8. The van der Waals surface area contributed by atoms with E-state index in [1.165, 1.54) is 9.80 Å². The second-order valence-corrected chi connectivity index (χ2v) is 15.4. The van der Waals surface area contributed by atoms with Crippen molar-refractivity contribution in [1.82, 2.24) is 31.1 Å². The number of alkyl carbamates (subject to hydrolysis) is 1. The molecule has 6 atom stereocenters. The number of carbonyl (C=O) groups excluding carboxylic acids is 7. The minimum atomic E-state index is -1.20. The molecular formula is C36H54N6O8. The fourth-order valence-electron chi connectivity index (χ4n) is 6.49. The number of carbonyl (C=O) groups is 7. The van der Waals surface area contributed by atoms with Crippen molar-refractivity contribution in [3.8, 4) is 0 Å². The number of nitrogens with zero attached hydrogens (tertiary/aromatic N) is 2. The number of ether oxygens (including phenoxy) is 1. The molecule has 1 saturated heterocycles. The van der Waals surface area contributed by atoms with Gasteiger partial charge in [-0.05, 0) is 63.4 Å². The van der Waals surface area contributed by atoms with Gasteiger partial charge in [-0.1, -0.05) is 64.4 Å². The first-order valence-corrected chi connectivity index (χ1v) is 17.2. The van der Waals surface area contributed by atoms with Crippen LogP contribution in [0.4, 0.5) is 4.79 Å². The maximum Gasteiger partial charge on any atom is 0.408 e. The van der Waals surface area contributed by atoms with Crippen LogP contribution in [0, 0.1) is 11.3 Å². The third-order valence-electron chi connectivity index (χ3n) is 8.85. The van der Waals surface area contributed by atoms with E-state index in [4.69, 9.17) is 4.74 Å². The Labute approximate surface area is 294 Å². The van der Waals surface area contributed by atoms with Gasteiger partial charge in [-0.2, -0.15) is 0 Å². The number of rotatable bonds is 13. The number of hydrogen-bond donors (Lipinski definition) is 4. The molecule has 1 aromatic rings. The van der Waals surface area contributed by atoms with E-state index in [2.05, 4.69) is 21.3 Å². The summed E-state index contributed by atoms with van der Waals surface area (Å²) in [5.41, 5.74) is -0.949. The first kappa shape index (κ1) is 39.9. The molecule has 1 heterocycles. The van der Waals surface area contributed by atoms with Crippen molar-refractivity contribution in [2.45, 2.75) is 116 Å². The van der Waals surface area contributed by atoms with Gasteiger partial charge in [0, 0.05) is 20.1 Å². The van der Waals surface area contributed by atoms with Crippen molar-refractivity contribution in [2.75, 3.05) is 20.6 Å². The quantitative estimate of drug-likeness (QED) is 0.226. The molecule has 0 spiro atoms. The molecule has 50 heavy (non-hydrogen) atoms. The van der Waals surface area contributed by atoms with Crippen molar-refractivity contribution < 1.29 is 38.3 Å². The second kappa shape index (κ2) is 16.5. The van der Waals surface area contributed by atoms with Crippen molar-refractivity contribution >= 4 is 41.4 Å². The second-order valence-electron chi connectivity index (χ2n) is 15.4. The third-order valence-corrected chi connectivity index (χ3v) is 8.85. The van der Waals surface area contributed by atoms with Gasteiger partial charge in [0.1, 0.15) is 23.7 Å². The lowest BCUT2D eigenvalue weighted by Gasteiger charge is -2.40. The van der Waals surface area contributed by atoms with E-state index >= 15 is 0 Å². The molecule has 2 fully saturated rings. The Kier molecular flexibility index (Phi) is 13.2. The maximum atomic E-state index is 14.1. The number of likely N-dealkylation sites (N-methyl/N-ethyl adjacent to an activating group) is 1. The Balaban J connectivity index is 1.70. The number of amides is 6. The van der Waals surface area contributed by atoms with Crippen LogP contribution in [0.3, 0.4) is 0 Å². The number of nitrogens with one attached hydrogen (secondary N) is 4. The molecule has 4 N–H and O–H groups in total. The molecule has 14 heteroatoms. The Bertz CT molecular complexity index is 1430. The number of Topliss-reactive ketones (excluding diaryl/α,β-unsaturated/α-hetero) is 1. The monoisotopic (exact) mass is 698 g/mol. The van der Waals surface area contributed by atoms with E-state index in [-0.39, 0.29) is 24.3 Å². The number of ketones is 1. The van der Waals surface area contributed by atoms with Crippen LogP contribution in [0.1, 0.15) is 92.2 Å².